The van der Waals surface area contributed by atoms with Crippen molar-refractivity contribution in [3.63, 3.8) is 0 Å². The number of aromatic nitrogens is 1. The number of hydrogen-bond donors (Lipinski definition) is 0. The molecular weight excluding hydrogens is 600 g/mol. The van der Waals surface area contributed by atoms with Crippen LogP contribution in [0.25, 0.3) is 0 Å². The van der Waals surface area contributed by atoms with Gasteiger partial charge in [0.1, 0.15) is 11.4 Å². The molecule has 0 unspecified atom stereocenters. The Labute approximate surface area is 264 Å². The summed E-state index contributed by atoms with van der Waals surface area (Å²) < 4.78 is 9.89. The molecule has 0 saturated carbocycles. The summed E-state index contributed by atoms with van der Waals surface area (Å²) in [6.45, 7) is 20.7. The molecule has 8 heteroatoms. The van der Waals surface area contributed by atoms with Crippen molar-refractivity contribution in [2.75, 3.05) is 0 Å². The predicted molar refractivity (Wildman–Crippen MR) is 172 cm³/mol. The summed E-state index contributed by atoms with van der Waals surface area (Å²) in [5, 5.41) is 0. The molecule has 0 atom stereocenters. The summed E-state index contributed by atoms with van der Waals surface area (Å²) in [5.41, 5.74) is 8.16. The standard InChI is InChI=1S/2C12H17N.C9H9NO2.2ClH.Co/c2*1-8(2)10-6-5-7-11(9(3)4)12(10)13;1-6(11)8-4-3-5-9(10-8)7(2)12;;;/h2*5-9H,1-4H3;3-5H,1-2H3;2*1H;. The van der Waals surface area contributed by atoms with Gasteiger partial charge in [0.25, 0.3) is 0 Å². The van der Waals surface area contributed by atoms with Crippen LogP contribution >= 0.6 is 24.8 Å². The summed E-state index contributed by atoms with van der Waals surface area (Å²) in [6.07, 6.45) is 0. The van der Waals surface area contributed by atoms with Gasteiger partial charge >= 0.3 is 171 Å². The average molecular weight is 646 g/mol. The van der Waals surface area contributed by atoms with Crippen molar-refractivity contribution in [2.45, 2.75) is 92.9 Å². The van der Waals surface area contributed by atoms with E-state index in [1.54, 1.807) is 18.2 Å². The molecule has 1 aromatic heterocycles. The predicted octanol–water partition coefficient (Wildman–Crippen LogP) is 10.9. The maximum Gasteiger partial charge on any atom is -0.147 e. The third-order valence-corrected chi connectivity index (χ3v) is 7.04. The average Bonchev–Trinajstić information content (AvgIpc) is 2.88. The Kier molecular flexibility index (Phi) is 17.2. The summed E-state index contributed by atoms with van der Waals surface area (Å²) in [5.74, 6) is 1.55. The van der Waals surface area contributed by atoms with Gasteiger partial charge < -0.3 is 0 Å². The van der Waals surface area contributed by atoms with Crippen molar-refractivity contribution in [3.8, 4) is 0 Å². The smallest absolute Gasteiger partial charge is 0.147 e. The Morgan fingerprint density at radius 2 is 0.829 bits per heavy atom. The number of benzene rings is 2. The Bertz CT molecular complexity index is 1230. The van der Waals surface area contributed by atoms with Crippen molar-refractivity contribution in [3.05, 3.63) is 88.2 Å². The molecule has 1 heterocycles. The zero-order chi connectivity index (χ0) is 29.3. The summed E-state index contributed by atoms with van der Waals surface area (Å²) in [7, 11) is 0. The van der Waals surface area contributed by atoms with Gasteiger partial charge in [-0.1, -0.05) is 6.07 Å². The largest absolute Gasteiger partial charge is 0.147 e. The molecule has 41 heavy (non-hydrogen) atoms. The van der Waals surface area contributed by atoms with Gasteiger partial charge in [-0.2, -0.15) is 0 Å². The van der Waals surface area contributed by atoms with E-state index in [-0.39, 0.29) is 36.4 Å². The summed E-state index contributed by atoms with van der Waals surface area (Å²) in [6, 6.07) is 17.9. The summed E-state index contributed by atoms with van der Waals surface area (Å²) in [4.78, 5) is 25.6. The molecule has 3 aromatic rings. The van der Waals surface area contributed by atoms with E-state index >= 15 is 0 Å². The van der Waals surface area contributed by atoms with Crippen LogP contribution in [0.4, 0.5) is 11.4 Å². The van der Waals surface area contributed by atoms with Gasteiger partial charge in [-0.3, -0.25) is 9.59 Å². The molecular formula is C33H45Cl2CoN3O2. The van der Waals surface area contributed by atoms with Crippen LogP contribution in [0, 0.1) is 0 Å². The minimum atomic E-state index is -0.127. The van der Waals surface area contributed by atoms with Crippen LogP contribution in [0.15, 0.2) is 62.6 Å². The zero-order valence-corrected chi connectivity index (χ0v) is 28.5. The van der Waals surface area contributed by atoms with Gasteiger partial charge in [0, 0.05) is 13.8 Å². The molecule has 0 aliphatic heterocycles. The molecule has 0 N–H and O–H groups in total. The van der Waals surface area contributed by atoms with Crippen LogP contribution in [-0.2, 0) is 14.3 Å². The van der Waals surface area contributed by atoms with Crippen LogP contribution < -0.4 is 0 Å². The number of hydrogen-bond acceptors (Lipinski definition) is 5. The number of carbonyl (C=O) groups excluding carboxylic acids is 2. The van der Waals surface area contributed by atoms with E-state index in [0.29, 0.717) is 35.1 Å². The van der Waals surface area contributed by atoms with Crippen LogP contribution in [0.3, 0.4) is 0 Å². The van der Waals surface area contributed by atoms with Gasteiger partial charge in [-0.25, -0.2) is 4.98 Å². The van der Waals surface area contributed by atoms with Gasteiger partial charge in [0.2, 0.25) is 0 Å². The van der Waals surface area contributed by atoms with Crippen LogP contribution in [0.1, 0.15) is 136 Å². The number of ketones is 2. The Hall–Kier alpha value is -2.38. The second kappa shape index (κ2) is 18.2. The fraction of sp³-hybridized carbons (Fsp3) is 0.424. The minimum Gasteiger partial charge on any atom is -0.147 e. The molecule has 0 fully saturated rings. The van der Waals surface area contributed by atoms with E-state index in [4.69, 9.17) is 7.99 Å². The SMILES string of the molecule is CC(=O)c1cccc(C(C)=O)n1.CC(C)c1cccc(C(C)C)c1[N]=[Co]=[N]c1c(C(C)C)cccc1C(C)C.Cl.Cl. The third kappa shape index (κ3) is 11.1. The first-order chi connectivity index (χ1) is 18.3. The molecule has 0 aliphatic carbocycles. The fourth-order valence-corrected chi connectivity index (χ4v) is 4.90. The van der Waals surface area contributed by atoms with E-state index in [0.717, 1.165) is 25.7 Å². The second-order valence-electron chi connectivity index (χ2n) is 10.9. The summed E-state index contributed by atoms with van der Waals surface area (Å²) >= 11 is 0.800. The minimum absolute atomic E-state index is 0. The molecule has 0 amide bonds. The number of Topliss-reactive ketones (excluding diaryl/α,β-unsaturated/α-hetero) is 2. The van der Waals surface area contributed by atoms with Crippen molar-refractivity contribution < 1.29 is 23.9 Å². The van der Waals surface area contributed by atoms with Crippen molar-refractivity contribution in [1.29, 1.82) is 0 Å². The molecule has 5 nitrogen and oxygen atoms in total. The maximum absolute atomic E-state index is 10.8. The number of halogens is 2. The van der Waals surface area contributed by atoms with Crippen molar-refractivity contribution in [2.24, 2.45) is 7.99 Å². The molecule has 0 saturated heterocycles. The first kappa shape index (κ1) is 38.6. The van der Waals surface area contributed by atoms with E-state index in [1.165, 1.54) is 36.1 Å². The van der Waals surface area contributed by atoms with Crippen LogP contribution in [0.5, 0.6) is 0 Å². The molecule has 0 radical (unpaired) electrons. The van der Waals surface area contributed by atoms with Crippen molar-refractivity contribution in [1.82, 2.24) is 4.98 Å². The van der Waals surface area contributed by atoms with Crippen LogP contribution in [-0.4, -0.2) is 16.6 Å². The molecule has 0 bridgehead atoms. The first-order valence-corrected chi connectivity index (χ1v) is 14.5. The number of rotatable bonds is 8. The van der Waals surface area contributed by atoms with E-state index in [2.05, 4.69) is 96.8 Å². The van der Waals surface area contributed by atoms with E-state index in [9.17, 15) is 9.59 Å². The number of carbonyl (C=O) groups is 2. The second-order valence-corrected chi connectivity index (χ2v) is 11.6. The number of pyridine rings is 1. The first-order valence-electron chi connectivity index (χ1n) is 13.6. The Balaban J connectivity index is 0.000000966. The van der Waals surface area contributed by atoms with E-state index < -0.39 is 0 Å². The molecule has 3 rings (SSSR count). The van der Waals surface area contributed by atoms with Gasteiger partial charge in [-0.05, 0) is 12.1 Å². The number of nitrogens with zero attached hydrogens (tertiary/aromatic N) is 3. The molecule has 2 aromatic carbocycles. The normalized spacial score (nSPS) is 10.5. The quantitative estimate of drug-likeness (QED) is 0.229. The van der Waals surface area contributed by atoms with Gasteiger partial charge in [-0.15, -0.1) is 24.8 Å². The van der Waals surface area contributed by atoms with Crippen molar-refractivity contribution >= 4 is 47.8 Å². The molecule has 227 valence electrons. The maximum atomic E-state index is 10.8. The van der Waals surface area contributed by atoms with E-state index in [1.807, 2.05) is 0 Å². The van der Waals surface area contributed by atoms with Gasteiger partial charge in [0.05, 0.1) is 0 Å². The van der Waals surface area contributed by atoms with Gasteiger partial charge in [0.15, 0.2) is 11.6 Å². The fourth-order valence-electron chi connectivity index (χ4n) is 4.11. The zero-order valence-electron chi connectivity index (χ0n) is 25.8. The molecule has 0 spiro atoms. The van der Waals surface area contributed by atoms with Crippen LogP contribution in [0.2, 0.25) is 0 Å². The topological polar surface area (TPSA) is 71.8 Å². The molecule has 0 aliphatic rings. The Morgan fingerprint density at radius 1 is 0.561 bits per heavy atom. The Morgan fingerprint density at radius 3 is 1.07 bits per heavy atom. The third-order valence-electron chi connectivity index (χ3n) is 6.37. The monoisotopic (exact) mass is 644 g/mol.